The van der Waals surface area contributed by atoms with Gasteiger partial charge in [0.2, 0.25) is 0 Å². The quantitative estimate of drug-likeness (QED) is 0.885. The van der Waals surface area contributed by atoms with E-state index >= 15 is 0 Å². The fourth-order valence-electron chi connectivity index (χ4n) is 2.72. The number of aromatic nitrogens is 1. The molecule has 1 aliphatic rings. The molecule has 1 aromatic heterocycles. The van der Waals surface area contributed by atoms with Gasteiger partial charge in [-0.25, -0.2) is 0 Å². The number of rotatable bonds is 3. The molecule has 0 saturated carbocycles. The molecular formula is C15H14Cl2N2O4. The molecule has 23 heavy (non-hydrogen) atoms. The molecule has 2 aromatic rings. The highest BCUT2D eigenvalue weighted by Gasteiger charge is 2.32. The number of aromatic amines is 1. The van der Waals surface area contributed by atoms with Gasteiger partial charge in [0.25, 0.3) is 5.91 Å². The summed E-state index contributed by atoms with van der Waals surface area (Å²) < 4.78 is 5.29. The zero-order valence-electron chi connectivity index (χ0n) is 12.0. The average Bonchev–Trinajstić information content (AvgIpc) is 2.83. The van der Waals surface area contributed by atoms with E-state index in [0.717, 1.165) is 0 Å². The zero-order chi connectivity index (χ0) is 16.6. The molecule has 2 heterocycles. The number of halogens is 2. The normalized spacial score (nSPS) is 18.3. The smallest absolute Gasteiger partial charge is 0.305 e. The number of hydrogen-bond acceptors (Lipinski definition) is 3. The van der Waals surface area contributed by atoms with Gasteiger partial charge in [0.15, 0.2) is 0 Å². The molecule has 1 unspecified atom stereocenters. The van der Waals surface area contributed by atoms with Gasteiger partial charge < -0.3 is 19.7 Å². The highest BCUT2D eigenvalue weighted by molar-refractivity contribution is 6.39. The van der Waals surface area contributed by atoms with Crippen molar-refractivity contribution in [2.45, 2.75) is 12.5 Å². The Hall–Kier alpha value is -1.76. The van der Waals surface area contributed by atoms with Gasteiger partial charge >= 0.3 is 5.97 Å². The summed E-state index contributed by atoms with van der Waals surface area (Å²) in [5, 5.41) is 10.5. The van der Waals surface area contributed by atoms with Crippen molar-refractivity contribution in [1.82, 2.24) is 9.88 Å². The Morgan fingerprint density at radius 3 is 2.91 bits per heavy atom. The summed E-state index contributed by atoms with van der Waals surface area (Å²) in [5.74, 6) is -1.32. The minimum absolute atomic E-state index is 0.171. The highest BCUT2D eigenvalue weighted by Crippen LogP contribution is 2.31. The number of fused-ring (bicyclic) bond motifs is 1. The number of nitrogens with one attached hydrogen (secondary N) is 1. The van der Waals surface area contributed by atoms with Crippen molar-refractivity contribution in [2.24, 2.45) is 0 Å². The predicted molar refractivity (Wildman–Crippen MR) is 86.2 cm³/mol. The Kier molecular flexibility index (Phi) is 4.48. The minimum Gasteiger partial charge on any atom is -0.481 e. The first kappa shape index (κ1) is 16.1. The molecule has 1 atom stereocenters. The predicted octanol–water partition coefficient (Wildman–Crippen LogP) is 2.79. The summed E-state index contributed by atoms with van der Waals surface area (Å²) in [6.07, 6.45) is -0.171. The number of carboxylic acid groups (broad SMARTS) is 1. The van der Waals surface area contributed by atoms with Gasteiger partial charge in [-0.15, -0.1) is 0 Å². The lowest BCUT2D eigenvalue weighted by atomic mass is 10.1. The molecule has 0 spiro atoms. The van der Waals surface area contributed by atoms with Crippen LogP contribution in [0.25, 0.3) is 10.9 Å². The first-order chi connectivity index (χ1) is 11.0. The highest BCUT2D eigenvalue weighted by atomic mass is 35.5. The molecule has 1 aliphatic heterocycles. The van der Waals surface area contributed by atoms with Crippen molar-refractivity contribution in [1.29, 1.82) is 0 Å². The third-order valence-corrected chi connectivity index (χ3v) is 4.44. The van der Waals surface area contributed by atoms with Crippen LogP contribution in [0.2, 0.25) is 10.0 Å². The molecule has 6 nitrogen and oxygen atoms in total. The van der Waals surface area contributed by atoms with Crippen LogP contribution in [0.5, 0.6) is 0 Å². The number of aliphatic carboxylic acids is 1. The molecule has 0 radical (unpaired) electrons. The molecule has 1 fully saturated rings. The van der Waals surface area contributed by atoms with Crippen LogP contribution >= 0.6 is 23.2 Å². The van der Waals surface area contributed by atoms with Crippen molar-refractivity contribution in [3.8, 4) is 0 Å². The van der Waals surface area contributed by atoms with E-state index in [2.05, 4.69) is 4.98 Å². The summed E-state index contributed by atoms with van der Waals surface area (Å²) >= 11 is 12.3. The van der Waals surface area contributed by atoms with Crippen molar-refractivity contribution in [3.05, 3.63) is 33.9 Å². The Morgan fingerprint density at radius 2 is 2.17 bits per heavy atom. The molecule has 1 aromatic carbocycles. The van der Waals surface area contributed by atoms with Crippen molar-refractivity contribution >= 4 is 46.0 Å². The fourth-order valence-corrected chi connectivity index (χ4v) is 3.17. The number of morpholine rings is 1. The Labute approximate surface area is 141 Å². The largest absolute Gasteiger partial charge is 0.481 e. The molecule has 122 valence electrons. The standard InChI is InChI=1S/C15H14Cl2N2O4/c16-8-1-2-11-10(5-8)13(17)14(18-11)15(22)19-3-4-23-7-9(19)6-12(20)21/h1-2,5,9,18H,3-4,6-7H2,(H,20,21). The van der Waals surface area contributed by atoms with Gasteiger partial charge in [0.05, 0.1) is 30.7 Å². The molecule has 0 aliphatic carbocycles. The van der Waals surface area contributed by atoms with Gasteiger partial charge in [0, 0.05) is 22.5 Å². The maximum Gasteiger partial charge on any atom is 0.305 e. The van der Waals surface area contributed by atoms with Gasteiger partial charge in [0.1, 0.15) is 5.69 Å². The number of hydrogen-bond donors (Lipinski definition) is 2. The van der Waals surface area contributed by atoms with E-state index in [1.54, 1.807) is 18.2 Å². The van der Waals surface area contributed by atoms with Crippen LogP contribution in [-0.2, 0) is 9.53 Å². The summed E-state index contributed by atoms with van der Waals surface area (Å²) in [6, 6.07) is 4.61. The van der Waals surface area contributed by atoms with Crippen LogP contribution in [0.1, 0.15) is 16.9 Å². The van der Waals surface area contributed by atoms with Gasteiger partial charge in [-0.1, -0.05) is 23.2 Å². The van der Waals surface area contributed by atoms with E-state index in [9.17, 15) is 9.59 Å². The number of benzene rings is 1. The van der Waals surface area contributed by atoms with Gasteiger partial charge in [-0.05, 0) is 18.2 Å². The lowest BCUT2D eigenvalue weighted by Gasteiger charge is -2.34. The molecule has 0 bridgehead atoms. The maximum atomic E-state index is 12.8. The topological polar surface area (TPSA) is 82.6 Å². The molecule has 8 heteroatoms. The van der Waals surface area contributed by atoms with Crippen LogP contribution < -0.4 is 0 Å². The van der Waals surface area contributed by atoms with Crippen LogP contribution in [0.15, 0.2) is 18.2 Å². The molecular weight excluding hydrogens is 343 g/mol. The number of ether oxygens (including phenoxy) is 1. The van der Waals surface area contributed by atoms with Gasteiger partial charge in [-0.3, -0.25) is 9.59 Å². The van der Waals surface area contributed by atoms with E-state index in [4.69, 9.17) is 33.0 Å². The fraction of sp³-hybridized carbons (Fsp3) is 0.333. The lowest BCUT2D eigenvalue weighted by molar-refractivity contribution is -0.139. The van der Waals surface area contributed by atoms with E-state index in [0.29, 0.717) is 29.1 Å². The molecule has 3 rings (SSSR count). The number of carbonyl (C=O) groups is 2. The summed E-state index contributed by atoms with van der Waals surface area (Å²) in [5.41, 5.74) is 0.937. The maximum absolute atomic E-state index is 12.8. The zero-order valence-corrected chi connectivity index (χ0v) is 13.5. The SMILES string of the molecule is O=C(O)CC1COCCN1C(=O)c1[nH]c2ccc(Cl)cc2c1Cl. The second-order valence-electron chi connectivity index (χ2n) is 5.33. The summed E-state index contributed by atoms with van der Waals surface area (Å²) in [4.78, 5) is 28.3. The second-order valence-corrected chi connectivity index (χ2v) is 6.14. The van der Waals surface area contributed by atoms with Crippen molar-refractivity contribution in [2.75, 3.05) is 19.8 Å². The number of carboxylic acids is 1. The van der Waals surface area contributed by atoms with E-state index in [1.807, 2.05) is 0 Å². The van der Waals surface area contributed by atoms with Crippen LogP contribution in [0.3, 0.4) is 0 Å². The number of amides is 1. The second kappa shape index (κ2) is 6.39. The monoisotopic (exact) mass is 356 g/mol. The molecule has 1 amide bonds. The number of H-pyrrole nitrogens is 1. The lowest BCUT2D eigenvalue weighted by Crippen LogP contribution is -2.49. The molecule has 2 N–H and O–H groups in total. The van der Waals surface area contributed by atoms with Crippen LogP contribution in [0, 0.1) is 0 Å². The first-order valence-electron chi connectivity index (χ1n) is 7.04. The van der Waals surface area contributed by atoms with E-state index in [-0.39, 0.29) is 29.7 Å². The van der Waals surface area contributed by atoms with Gasteiger partial charge in [-0.2, -0.15) is 0 Å². The number of nitrogens with zero attached hydrogens (tertiary/aromatic N) is 1. The summed E-state index contributed by atoms with van der Waals surface area (Å²) in [6.45, 7) is 0.885. The Morgan fingerprint density at radius 1 is 1.39 bits per heavy atom. The van der Waals surface area contributed by atoms with E-state index in [1.165, 1.54) is 4.90 Å². The molecule has 1 saturated heterocycles. The average molecular weight is 357 g/mol. The minimum atomic E-state index is -0.979. The number of carbonyl (C=O) groups excluding carboxylic acids is 1. The first-order valence-corrected chi connectivity index (χ1v) is 7.80. The Bertz CT molecular complexity index is 774. The third-order valence-electron chi connectivity index (χ3n) is 3.81. The summed E-state index contributed by atoms with van der Waals surface area (Å²) in [7, 11) is 0. The van der Waals surface area contributed by atoms with Crippen LogP contribution in [-0.4, -0.2) is 52.7 Å². The van der Waals surface area contributed by atoms with Crippen molar-refractivity contribution < 1.29 is 19.4 Å². The Balaban J connectivity index is 1.95. The van der Waals surface area contributed by atoms with Crippen LogP contribution in [0.4, 0.5) is 0 Å². The van der Waals surface area contributed by atoms with E-state index < -0.39 is 12.0 Å². The third kappa shape index (κ3) is 3.15. The van der Waals surface area contributed by atoms with Crippen molar-refractivity contribution in [3.63, 3.8) is 0 Å².